The molecule has 1 aliphatic heterocycles. The topological polar surface area (TPSA) is 49.4 Å². The van der Waals surface area contributed by atoms with Gasteiger partial charge < -0.3 is 10.2 Å². The van der Waals surface area contributed by atoms with Gasteiger partial charge >= 0.3 is 0 Å². The first kappa shape index (κ1) is 17.2. The van der Waals surface area contributed by atoms with Crippen LogP contribution in [-0.2, 0) is 0 Å². The number of allylic oxidation sites excluding steroid dienone is 1. The van der Waals surface area contributed by atoms with Crippen LogP contribution < -0.4 is 5.32 Å². The van der Waals surface area contributed by atoms with Crippen molar-refractivity contribution < 1.29 is 9.59 Å². The molecule has 1 aliphatic carbocycles. The van der Waals surface area contributed by atoms with Crippen LogP contribution in [0.4, 0.5) is 0 Å². The molecule has 2 atom stereocenters. The van der Waals surface area contributed by atoms with E-state index in [1.807, 2.05) is 0 Å². The number of hydrogen-bond donors (Lipinski definition) is 1. The average molecular weight is 346 g/mol. The summed E-state index contributed by atoms with van der Waals surface area (Å²) >= 11 is 1.28. The first-order valence-corrected chi connectivity index (χ1v) is 9.74. The lowest BCUT2D eigenvalue weighted by Gasteiger charge is -2.40. The van der Waals surface area contributed by atoms with Crippen molar-refractivity contribution in [2.75, 3.05) is 13.1 Å². The Bertz CT molecular complexity index is 644. The molecule has 0 spiro atoms. The molecule has 0 bridgehead atoms. The molecular weight excluding hydrogens is 320 g/mol. The van der Waals surface area contributed by atoms with E-state index in [0.717, 1.165) is 25.9 Å². The number of nitrogens with one attached hydrogen (secondary N) is 1. The van der Waals surface area contributed by atoms with Crippen molar-refractivity contribution in [3.63, 3.8) is 0 Å². The second-order valence-corrected chi connectivity index (χ2v) is 7.99. The van der Waals surface area contributed by atoms with E-state index in [1.165, 1.54) is 43.2 Å². The summed E-state index contributed by atoms with van der Waals surface area (Å²) in [5, 5.41) is 3.23. The minimum absolute atomic E-state index is 0.0130. The maximum absolute atomic E-state index is 12.7. The number of rotatable bonds is 4. The van der Waals surface area contributed by atoms with Crippen LogP contribution >= 0.6 is 11.3 Å². The van der Waals surface area contributed by atoms with Crippen LogP contribution in [0.1, 0.15) is 65.3 Å². The third-order valence-electron chi connectivity index (χ3n) is 5.05. The molecule has 2 heterocycles. The van der Waals surface area contributed by atoms with Gasteiger partial charge in [0.05, 0.1) is 15.8 Å². The Labute approximate surface area is 147 Å². The molecule has 0 saturated carbocycles. The van der Waals surface area contributed by atoms with Gasteiger partial charge in [-0.1, -0.05) is 13.0 Å². The zero-order valence-corrected chi connectivity index (χ0v) is 15.3. The standard InChI is InChI=1S/C19H26N2O2S/c1-13-7-6-8-15(21-11-4-3-5-12-21)18(13)20-19(23)17-10-9-16(24-17)14(2)22/h8-10,13,18H,3-7,11-12H2,1-2H3,(H,20,23). The second-order valence-electron chi connectivity index (χ2n) is 6.90. The Morgan fingerprint density at radius 2 is 1.88 bits per heavy atom. The molecule has 130 valence electrons. The van der Waals surface area contributed by atoms with Gasteiger partial charge in [0.25, 0.3) is 5.91 Å². The normalized spacial score (nSPS) is 24.4. The highest BCUT2D eigenvalue weighted by molar-refractivity contribution is 7.15. The number of likely N-dealkylation sites (tertiary alicyclic amines) is 1. The monoisotopic (exact) mass is 346 g/mol. The van der Waals surface area contributed by atoms with Crippen LogP contribution in [0.3, 0.4) is 0 Å². The number of piperidine rings is 1. The zero-order valence-electron chi connectivity index (χ0n) is 14.5. The van der Waals surface area contributed by atoms with Crippen LogP contribution in [0.25, 0.3) is 0 Å². The van der Waals surface area contributed by atoms with Crippen LogP contribution in [0.15, 0.2) is 23.9 Å². The van der Waals surface area contributed by atoms with E-state index in [-0.39, 0.29) is 17.7 Å². The van der Waals surface area contributed by atoms with Crippen molar-refractivity contribution >= 4 is 23.0 Å². The molecule has 0 radical (unpaired) electrons. The van der Waals surface area contributed by atoms with Crippen molar-refractivity contribution in [2.45, 2.75) is 52.0 Å². The molecule has 1 saturated heterocycles. The molecule has 24 heavy (non-hydrogen) atoms. The number of ketones is 1. The van der Waals surface area contributed by atoms with E-state index in [2.05, 4.69) is 23.2 Å². The highest BCUT2D eigenvalue weighted by Gasteiger charge is 2.30. The fraction of sp³-hybridized carbons (Fsp3) is 0.579. The molecule has 1 fully saturated rings. The van der Waals surface area contributed by atoms with Crippen molar-refractivity contribution in [1.29, 1.82) is 0 Å². The van der Waals surface area contributed by atoms with Crippen molar-refractivity contribution in [3.8, 4) is 0 Å². The molecule has 5 heteroatoms. The number of carbonyl (C=O) groups excluding carboxylic acids is 2. The first-order valence-electron chi connectivity index (χ1n) is 8.93. The summed E-state index contributed by atoms with van der Waals surface area (Å²) in [5.41, 5.74) is 1.30. The summed E-state index contributed by atoms with van der Waals surface area (Å²) in [6.07, 6.45) is 8.28. The minimum Gasteiger partial charge on any atom is -0.373 e. The summed E-state index contributed by atoms with van der Waals surface area (Å²) in [6, 6.07) is 3.58. The number of Topliss-reactive ketones (excluding diaryl/α,β-unsaturated/α-hetero) is 1. The number of nitrogens with zero attached hydrogens (tertiary/aromatic N) is 1. The van der Waals surface area contributed by atoms with Crippen LogP contribution in [0.2, 0.25) is 0 Å². The van der Waals surface area contributed by atoms with Gasteiger partial charge in [0.15, 0.2) is 5.78 Å². The van der Waals surface area contributed by atoms with Gasteiger partial charge in [-0.2, -0.15) is 0 Å². The van der Waals surface area contributed by atoms with E-state index < -0.39 is 0 Å². The lowest BCUT2D eigenvalue weighted by atomic mass is 9.87. The third kappa shape index (κ3) is 3.72. The van der Waals surface area contributed by atoms with Gasteiger partial charge in [-0.05, 0) is 57.1 Å². The summed E-state index contributed by atoms with van der Waals surface area (Å²) in [7, 11) is 0. The van der Waals surface area contributed by atoms with Crippen molar-refractivity contribution in [3.05, 3.63) is 33.7 Å². The number of amides is 1. The number of thiophene rings is 1. The van der Waals surface area contributed by atoms with Crippen molar-refractivity contribution in [2.24, 2.45) is 5.92 Å². The minimum atomic E-state index is -0.0610. The molecule has 4 nitrogen and oxygen atoms in total. The number of carbonyl (C=O) groups is 2. The van der Waals surface area contributed by atoms with Gasteiger partial charge in [-0.25, -0.2) is 0 Å². The van der Waals surface area contributed by atoms with E-state index >= 15 is 0 Å². The molecule has 2 unspecified atom stereocenters. The summed E-state index contributed by atoms with van der Waals surface area (Å²) in [4.78, 5) is 27.8. The lowest BCUT2D eigenvalue weighted by molar-refractivity contribution is 0.0920. The highest BCUT2D eigenvalue weighted by Crippen LogP contribution is 2.29. The van der Waals surface area contributed by atoms with Crippen LogP contribution in [0, 0.1) is 5.92 Å². The summed E-state index contributed by atoms with van der Waals surface area (Å²) in [5.74, 6) is 0.385. The Morgan fingerprint density at radius 1 is 1.17 bits per heavy atom. The van der Waals surface area contributed by atoms with Crippen LogP contribution in [0.5, 0.6) is 0 Å². The Morgan fingerprint density at radius 3 is 2.54 bits per heavy atom. The maximum Gasteiger partial charge on any atom is 0.261 e. The summed E-state index contributed by atoms with van der Waals surface area (Å²) < 4.78 is 0. The van der Waals surface area contributed by atoms with E-state index in [0.29, 0.717) is 15.7 Å². The van der Waals surface area contributed by atoms with E-state index in [4.69, 9.17) is 0 Å². The molecule has 0 aromatic carbocycles. The number of hydrogen-bond acceptors (Lipinski definition) is 4. The van der Waals surface area contributed by atoms with E-state index in [1.54, 1.807) is 12.1 Å². The fourth-order valence-corrected chi connectivity index (χ4v) is 4.44. The second kappa shape index (κ2) is 7.51. The molecule has 1 amide bonds. The molecule has 1 aromatic rings. The average Bonchev–Trinajstić information content (AvgIpc) is 3.08. The van der Waals surface area contributed by atoms with Gasteiger partial charge in [0.1, 0.15) is 0 Å². The predicted octanol–water partition coefficient (Wildman–Crippen LogP) is 3.85. The fourth-order valence-electron chi connectivity index (χ4n) is 3.63. The van der Waals surface area contributed by atoms with E-state index in [9.17, 15) is 9.59 Å². The van der Waals surface area contributed by atoms with Gasteiger partial charge in [0, 0.05) is 18.8 Å². The molecule has 3 rings (SSSR count). The molecule has 2 aliphatic rings. The molecular formula is C19H26N2O2S. The van der Waals surface area contributed by atoms with Crippen LogP contribution in [-0.4, -0.2) is 35.7 Å². The maximum atomic E-state index is 12.7. The van der Waals surface area contributed by atoms with Gasteiger partial charge in [-0.15, -0.1) is 11.3 Å². The largest absolute Gasteiger partial charge is 0.373 e. The quantitative estimate of drug-likeness (QED) is 0.843. The summed E-state index contributed by atoms with van der Waals surface area (Å²) in [6.45, 7) is 5.95. The van der Waals surface area contributed by atoms with Gasteiger partial charge in [0.2, 0.25) is 0 Å². The Balaban J connectivity index is 1.74. The highest BCUT2D eigenvalue weighted by atomic mass is 32.1. The predicted molar refractivity (Wildman–Crippen MR) is 97.5 cm³/mol. The molecule has 1 N–H and O–H groups in total. The SMILES string of the molecule is CC(=O)c1ccc(C(=O)NC2C(N3CCCCC3)=CCCC2C)s1. The van der Waals surface area contributed by atoms with Gasteiger partial charge in [-0.3, -0.25) is 9.59 Å². The first-order chi connectivity index (χ1) is 11.6. The smallest absolute Gasteiger partial charge is 0.261 e. The van der Waals surface area contributed by atoms with Crippen molar-refractivity contribution in [1.82, 2.24) is 10.2 Å². The zero-order chi connectivity index (χ0) is 17.1. The Hall–Kier alpha value is -1.62. The Kier molecular flexibility index (Phi) is 5.39. The lowest BCUT2D eigenvalue weighted by Crippen LogP contribution is -2.47. The molecule has 1 aromatic heterocycles. The third-order valence-corrected chi connectivity index (χ3v) is 6.23.